The number of aromatic nitrogens is 2. The van der Waals surface area contributed by atoms with Crippen LogP contribution in [0.2, 0.25) is 0 Å². The average Bonchev–Trinajstić information content (AvgIpc) is 3.92. The monoisotopic (exact) mass is 829 g/mol. The Hall–Kier alpha value is -8.73. The number of hydrogen-bond donors (Lipinski definition) is 0. The summed E-state index contributed by atoms with van der Waals surface area (Å²) >= 11 is 0. The SMILES string of the molecule is c1cc(-c2cccc3ccccc23)cc(N(c2ccc(-c3cncc4oc5ccccc5c34)cc2)c2ccccc2-c2ccc(-n3c4ccccc4c4cc5ccccc5cc43)cc2)c1. The van der Waals surface area contributed by atoms with Gasteiger partial charge in [-0.3, -0.25) is 4.98 Å². The van der Waals surface area contributed by atoms with Crippen LogP contribution in [0.5, 0.6) is 0 Å². The lowest BCUT2D eigenvalue weighted by molar-refractivity contribution is 0.667. The Labute approximate surface area is 375 Å². The molecule has 0 fully saturated rings. The molecule has 65 heavy (non-hydrogen) atoms. The van der Waals surface area contributed by atoms with Crippen LogP contribution in [0, 0.1) is 0 Å². The van der Waals surface area contributed by atoms with Crippen molar-refractivity contribution >= 4 is 82.4 Å². The van der Waals surface area contributed by atoms with E-state index in [-0.39, 0.29) is 0 Å². The Bertz CT molecular complexity index is 3950. The van der Waals surface area contributed by atoms with Crippen molar-refractivity contribution in [3.8, 4) is 39.1 Å². The summed E-state index contributed by atoms with van der Waals surface area (Å²) in [6, 6.07) is 81.1. The van der Waals surface area contributed by atoms with E-state index in [2.05, 4.69) is 227 Å². The van der Waals surface area contributed by atoms with Gasteiger partial charge in [-0.25, -0.2) is 0 Å². The van der Waals surface area contributed by atoms with Crippen molar-refractivity contribution in [3.63, 3.8) is 0 Å². The Morgan fingerprint density at radius 3 is 1.88 bits per heavy atom. The number of furan rings is 1. The minimum Gasteiger partial charge on any atom is -0.454 e. The topological polar surface area (TPSA) is 34.2 Å². The summed E-state index contributed by atoms with van der Waals surface area (Å²) in [7, 11) is 0. The van der Waals surface area contributed by atoms with Gasteiger partial charge in [-0.1, -0.05) is 158 Å². The van der Waals surface area contributed by atoms with Crippen LogP contribution < -0.4 is 4.90 Å². The van der Waals surface area contributed by atoms with Gasteiger partial charge in [0.1, 0.15) is 5.58 Å². The summed E-state index contributed by atoms with van der Waals surface area (Å²) in [6.45, 7) is 0. The van der Waals surface area contributed by atoms with Crippen molar-refractivity contribution in [1.29, 1.82) is 0 Å². The number of anilines is 3. The zero-order chi connectivity index (χ0) is 42.8. The number of pyridine rings is 1. The predicted molar refractivity (Wildman–Crippen MR) is 272 cm³/mol. The van der Waals surface area contributed by atoms with Crippen molar-refractivity contribution in [2.75, 3.05) is 4.90 Å². The summed E-state index contributed by atoms with van der Waals surface area (Å²) in [4.78, 5) is 7.00. The molecule has 3 aromatic heterocycles. The third kappa shape index (κ3) is 6.11. The first-order chi connectivity index (χ1) is 32.2. The van der Waals surface area contributed by atoms with Crippen molar-refractivity contribution in [2.24, 2.45) is 0 Å². The summed E-state index contributed by atoms with van der Waals surface area (Å²) in [5.41, 5.74) is 15.1. The summed E-state index contributed by atoms with van der Waals surface area (Å²) in [5.74, 6) is 0. The fourth-order valence-electron chi connectivity index (χ4n) is 10.0. The molecule has 13 aromatic rings. The van der Waals surface area contributed by atoms with Crippen LogP contribution in [-0.4, -0.2) is 9.55 Å². The van der Waals surface area contributed by atoms with Gasteiger partial charge in [-0.2, -0.15) is 0 Å². The Kier molecular flexibility index (Phi) is 8.50. The molecule has 10 aromatic carbocycles. The first-order valence-corrected chi connectivity index (χ1v) is 22.1. The zero-order valence-electron chi connectivity index (χ0n) is 35.3. The second-order valence-electron chi connectivity index (χ2n) is 16.8. The normalized spacial score (nSPS) is 11.7. The highest BCUT2D eigenvalue weighted by Crippen LogP contribution is 2.44. The summed E-state index contributed by atoms with van der Waals surface area (Å²) in [5, 5.41) is 9.60. The second kappa shape index (κ2) is 15.0. The van der Waals surface area contributed by atoms with Crippen LogP contribution in [0.4, 0.5) is 17.1 Å². The van der Waals surface area contributed by atoms with Crippen LogP contribution in [0.25, 0.3) is 104 Å². The maximum Gasteiger partial charge on any atom is 0.154 e. The largest absolute Gasteiger partial charge is 0.454 e. The molecule has 4 heteroatoms. The summed E-state index contributed by atoms with van der Waals surface area (Å²) < 4.78 is 8.64. The van der Waals surface area contributed by atoms with Crippen LogP contribution in [-0.2, 0) is 0 Å². The first kappa shape index (κ1) is 36.9. The fourth-order valence-corrected chi connectivity index (χ4v) is 10.0. The van der Waals surface area contributed by atoms with Gasteiger partial charge in [0.25, 0.3) is 0 Å². The molecule has 0 unspecified atom stereocenters. The molecule has 0 aliphatic carbocycles. The number of benzene rings is 10. The maximum absolute atomic E-state index is 6.23. The highest BCUT2D eigenvalue weighted by atomic mass is 16.3. The second-order valence-corrected chi connectivity index (χ2v) is 16.8. The highest BCUT2D eigenvalue weighted by molar-refractivity contribution is 6.14. The molecule has 4 nitrogen and oxygen atoms in total. The number of nitrogens with zero attached hydrogens (tertiary/aromatic N) is 3. The number of fused-ring (bicyclic) bond motifs is 8. The molecule has 0 saturated heterocycles. The van der Waals surface area contributed by atoms with E-state index in [1.165, 1.54) is 48.9 Å². The number of rotatable bonds is 7. The molecule has 0 spiro atoms. The molecular formula is C61H39N3O. The smallest absolute Gasteiger partial charge is 0.154 e. The highest BCUT2D eigenvalue weighted by Gasteiger charge is 2.20. The van der Waals surface area contributed by atoms with E-state index in [4.69, 9.17) is 4.42 Å². The van der Waals surface area contributed by atoms with E-state index in [9.17, 15) is 0 Å². The average molecular weight is 830 g/mol. The molecule has 0 N–H and O–H groups in total. The molecule has 0 aliphatic heterocycles. The first-order valence-electron chi connectivity index (χ1n) is 22.1. The molecule has 0 amide bonds. The van der Waals surface area contributed by atoms with Crippen LogP contribution >= 0.6 is 0 Å². The van der Waals surface area contributed by atoms with E-state index in [0.29, 0.717) is 0 Å². The molecule has 0 atom stereocenters. The Morgan fingerprint density at radius 1 is 0.369 bits per heavy atom. The molecule has 3 heterocycles. The van der Waals surface area contributed by atoms with Gasteiger partial charge >= 0.3 is 0 Å². The maximum atomic E-state index is 6.23. The Morgan fingerprint density at radius 2 is 1.02 bits per heavy atom. The lowest BCUT2D eigenvalue weighted by Gasteiger charge is -2.28. The number of hydrogen-bond acceptors (Lipinski definition) is 3. The quantitative estimate of drug-likeness (QED) is 0.160. The molecule has 0 radical (unpaired) electrons. The van der Waals surface area contributed by atoms with Gasteiger partial charge < -0.3 is 13.9 Å². The van der Waals surface area contributed by atoms with E-state index >= 15 is 0 Å². The lowest BCUT2D eigenvalue weighted by Crippen LogP contribution is -2.11. The standard InChI is InChI=1S/C61H39N3O/c1-2-15-44-37-58-54(36-43(44)14-1)52-21-6-9-25-57(52)64(58)47-33-27-41(28-34-47)51-20-5-8-24-56(51)63(48-18-11-17-45(35-48)50-23-12-16-40-13-3-4-19-49(40)50)46-31-29-42(30-32-46)55-38-62-39-60-61(55)53-22-7-10-26-59(53)65-60/h1-39H. The predicted octanol–water partition coefficient (Wildman–Crippen LogP) is 16.9. The molecule has 0 bridgehead atoms. The van der Waals surface area contributed by atoms with Crippen molar-refractivity contribution in [2.45, 2.75) is 0 Å². The van der Waals surface area contributed by atoms with E-state index < -0.39 is 0 Å². The van der Waals surface area contributed by atoms with E-state index in [1.807, 2.05) is 24.5 Å². The zero-order valence-corrected chi connectivity index (χ0v) is 35.3. The number of para-hydroxylation sites is 3. The van der Waals surface area contributed by atoms with Gasteiger partial charge in [0.15, 0.2) is 5.58 Å². The van der Waals surface area contributed by atoms with E-state index in [0.717, 1.165) is 72.5 Å². The van der Waals surface area contributed by atoms with E-state index in [1.54, 1.807) is 0 Å². The van der Waals surface area contributed by atoms with Crippen LogP contribution in [0.3, 0.4) is 0 Å². The van der Waals surface area contributed by atoms with Gasteiger partial charge in [-0.05, 0) is 111 Å². The lowest BCUT2D eigenvalue weighted by atomic mass is 9.97. The van der Waals surface area contributed by atoms with Crippen LogP contribution in [0.15, 0.2) is 241 Å². The minimum atomic E-state index is 0.784. The van der Waals surface area contributed by atoms with Crippen molar-refractivity contribution in [1.82, 2.24) is 9.55 Å². The third-order valence-corrected chi connectivity index (χ3v) is 13.1. The van der Waals surface area contributed by atoms with Gasteiger partial charge in [-0.15, -0.1) is 0 Å². The summed E-state index contributed by atoms with van der Waals surface area (Å²) in [6.07, 6.45) is 3.76. The van der Waals surface area contributed by atoms with Crippen LogP contribution in [0.1, 0.15) is 0 Å². The van der Waals surface area contributed by atoms with Gasteiger partial charge in [0, 0.05) is 55.9 Å². The molecule has 304 valence electrons. The fraction of sp³-hybridized carbons (Fsp3) is 0. The van der Waals surface area contributed by atoms with Gasteiger partial charge in [0.05, 0.1) is 22.9 Å². The molecule has 0 aliphatic rings. The third-order valence-electron chi connectivity index (χ3n) is 13.1. The Balaban J connectivity index is 0.956. The molecule has 0 saturated carbocycles. The van der Waals surface area contributed by atoms with Crippen molar-refractivity contribution < 1.29 is 4.42 Å². The minimum absolute atomic E-state index is 0.784. The van der Waals surface area contributed by atoms with Gasteiger partial charge in [0.2, 0.25) is 0 Å². The molecule has 13 rings (SSSR count). The molecular weight excluding hydrogens is 791 g/mol. The van der Waals surface area contributed by atoms with Crippen molar-refractivity contribution in [3.05, 3.63) is 237 Å².